The summed E-state index contributed by atoms with van der Waals surface area (Å²) >= 11 is 1.71. The Hall–Kier alpha value is -3.21. The fraction of sp³-hybridized carbons (Fsp3) is 0.393. The van der Waals surface area contributed by atoms with Crippen molar-refractivity contribution in [3.05, 3.63) is 88.0 Å². The molecule has 10 heteroatoms. The van der Waals surface area contributed by atoms with E-state index in [0.29, 0.717) is 6.54 Å². The molecule has 0 saturated heterocycles. The smallest absolute Gasteiger partial charge is 0.296 e. The van der Waals surface area contributed by atoms with Crippen molar-refractivity contribution >= 4 is 23.5 Å². The average molecular weight is 540 g/mol. The summed E-state index contributed by atoms with van der Waals surface area (Å²) in [5, 5.41) is 12.2. The standard InChI is InChI=1S/C28H34FN5O3S/c1-28(2,22-8-3-4-9-23(22)38-17-14-31-13-16-35)34(21-10-11-21)26-27(37)33(15-12-32-26)24(29)19-6-5-7-20(18-19)25(30)36/h3-9,12,15,18,21,24,31,35H,10-11,13-14,16-17H2,1-2H3,(H2,30,36). The molecule has 4 N–H and O–H groups in total. The lowest BCUT2D eigenvalue weighted by Gasteiger charge is -2.41. The van der Waals surface area contributed by atoms with Gasteiger partial charge in [-0.1, -0.05) is 30.3 Å². The van der Waals surface area contributed by atoms with Crippen LogP contribution >= 0.6 is 11.8 Å². The molecule has 1 unspecified atom stereocenters. The highest BCUT2D eigenvalue weighted by Crippen LogP contribution is 2.43. The van der Waals surface area contributed by atoms with Gasteiger partial charge in [0.25, 0.3) is 5.56 Å². The van der Waals surface area contributed by atoms with Crippen LogP contribution < -0.4 is 21.5 Å². The van der Waals surface area contributed by atoms with Crippen LogP contribution in [-0.2, 0) is 5.54 Å². The van der Waals surface area contributed by atoms with Crippen LogP contribution in [0.1, 0.15) is 54.5 Å². The molecule has 0 bridgehead atoms. The zero-order valence-corrected chi connectivity index (χ0v) is 22.5. The molecular formula is C28H34FN5O3S. The summed E-state index contributed by atoms with van der Waals surface area (Å²) in [4.78, 5) is 32.9. The third-order valence-electron chi connectivity index (χ3n) is 6.65. The molecule has 3 aromatic rings. The summed E-state index contributed by atoms with van der Waals surface area (Å²) in [6.45, 7) is 5.54. The molecule has 1 saturated carbocycles. The summed E-state index contributed by atoms with van der Waals surface area (Å²) in [6.07, 6.45) is 2.80. The van der Waals surface area contributed by atoms with E-state index < -0.39 is 23.3 Å². The molecule has 202 valence electrons. The zero-order chi connectivity index (χ0) is 27.3. The van der Waals surface area contributed by atoms with E-state index in [2.05, 4.69) is 36.3 Å². The first-order valence-corrected chi connectivity index (χ1v) is 13.7. The maximum Gasteiger partial charge on any atom is 0.296 e. The van der Waals surface area contributed by atoms with E-state index in [-0.39, 0.29) is 29.6 Å². The lowest BCUT2D eigenvalue weighted by molar-refractivity contribution is 0.1000. The lowest BCUT2D eigenvalue weighted by atomic mass is 9.91. The van der Waals surface area contributed by atoms with Gasteiger partial charge < -0.3 is 21.1 Å². The summed E-state index contributed by atoms with van der Waals surface area (Å²) in [6, 6.07) is 14.2. The lowest BCUT2D eigenvalue weighted by Crippen LogP contribution is -2.47. The predicted octanol–water partition coefficient (Wildman–Crippen LogP) is 3.44. The van der Waals surface area contributed by atoms with Crippen LogP contribution in [0, 0.1) is 0 Å². The van der Waals surface area contributed by atoms with Gasteiger partial charge in [0.2, 0.25) is 12.2 Å². The number of carbonyl (C=O) groups excluding carboxylic acids is 1. The molecule has 1 heterocycles. The number of amides is 1. The number of rotatable bonds is 13. The highest BCUT2D eigenvalue weighted by atomic mass is 32.2. The SMILES string of the molecule is CC(C)(c1ccccc1SCCNCCO)N(c1nccn(C(F)c2cccc(C(N)=O)c2)c1=O)C1CC1. The Labute approximate surface area is 226 Å². The largest absolute Gasteiger partial charge is 0.395 e. The highest BCUT2D eigenvalue weighted by molar-refractivity contribution is 7.99. The van der Waals surface area contributed by atoms with Gasteiger partial charge in [-0.25, -0.2) is 9.37 Å². The van der Waals surface area contributed by atoms with Gasteiger partial charge in [0.15, 0.2) is 5.82 Å². The number of alkyl halides is 1. The Morgan fingerprint density at radius 1 is 1.26 bits per heavy atom. The van der Waals surface area contributed by atoms with Gasteiger partial charge in [-0.2, -0.15) is 0 Å². The molecule has 8 nitrogen and oxygen atoms in total. The number of aliphatic hydroxyl groups is 1. The molecule has 1 aliphatic rings. The number of benzene rings is 2. The van der Waals surface area contributed by atoms with Crippen molar-refractivity contribution in [1.29, 1.82) is 0 Å². The molecule has 4 rings (SSSR count). The maximum absolute atomic E-state index is 15.7. The summed E-state index contributed by atoms with van der Waals surface area (Å²) in [5.74, 6) is 0.350. The molecule has 0 aliphatic heterocycles. The molecule has 38 heavy (non-hydrogen) atoms. The van der Waals surface area contributed by atoms with Crippen LogP contribution in [0.5, 0.6) is 0 Å². The minimum atomic E-state index is -1.80. The van der Waals surface area contributed by atoms with E-state index in [9.17, 15) is 9.59 Å². The number of nitrogens with one attached hydrogen (secondary N) is 1. The second-order valence-corrected chi connectivity index (χ2v) is 10.9. The van der Waals surface area contributed by atoms with E-state index >= 15 is 4.39 Å². The van der Waals surface area contributed by atoms with E-state index in [1.54, 1.807) is 17.8 Å². The van der Waals surface area contributed by atoms with Crippen LogP contribution in [0.2, 0.25) is 0 Å². The topological polar surface area (TPSA) is 113 Å². The van der Waals surface area contributed by atoms with E-state index in [1.165, 1.54) is 30.6 Å². The van der Waals surface area contributed by atoms with Crippen LogP contribution in [0.4, 0.5) is 10.2 Å². The Kier molecular flexibility index (Phi) is 8.86. The number of primary amides is 1. The van der Waals surface area contributed by atoms with Gasteiger partial charge >= 0.3 is 0 Å². The van der Waals surface area contributed by atoms with Crippen molar-refractivity contribution in [1.82, 2.24) is 14.9 Å². The number of nitrogens with zero attached hydrogens (tertiary/aromatic N) is 3. The summed E-state index contributed by atoms with van der Waals surface area (Å²) in [5.41, 5.74) is 5.61. The molecule has 1 aliphatic carbocycles. The van der Waals surface area contributed by atoms with Gasteiger partial charge in [0.1, 0.15) is 0 Å². The fourth-order valence-corrected chi connectivity index (χ4v) is 5.76. The van der Waals surface area contributed by atoms with Gasteiger partial charge in [0.05, 0.1) is 12.1 Å². The number of nitrogens with two attached hydrogens (primary N) is 1. The normalized spacial score (nSPS) is 14.3. The van der Waals surface area contributed by atoms with Crippen molar-refractivity contribution < 1.29 is 14.3 Å². The Bertz CT molecular complexity index is 1330. The van der Waals surface area contributed by atoms with Crippen molar-refractivity contribution in [3.63, 3.8) is 0 Å². The van der Waals surface area contributed by atoms with Crippen LogP contribution in [-0.4, -0.2) is 52.1 Å². The van der Waals surface area contributed by atoms with Gasteiger partial charge in [0, 0.05) is 53.3 Å². The number of anilines is 1. The maximum atomic E-state index is 15.7. The Morgan fingerprint density at radius 2 is 2.03 bits per heavy atom. The number of aromatic nitrogens is 2. The van der Waals surface area contributed by atoms with Crippen LogP contribution in [0.3, 0.4) is 0 Å². The van der Waals surface area contributed by atoms with E-state index in [0.717, 1.165) is 40.2 Å². The van der Waals surface area contributed by atoms with Gasteiger partial charge in [-0.3, -0.25) is 14.2 Å². The average Bonchev–Trinajstić information content (AvgIpc) is 3.74. The molecule has 1 aromatic heterocycles. The van der Waals surface area contributed by atoms with Crippen molar-refractivity contribution in [2.45, 2.75) is 49.5 Å². The van der Waals surface area contributed by atoms with E-state index in [4.69, 9.17) is 10.8 Å². The monoisotopic (exact) mass is 539 g/mol. The van der Waals surface area contributed by atoms with Crippen molar-refractivity contribution in [3.8, 4) is 0 Å². The van der Waals surface area contributed by atoms with Crippen LogP contribution in [0.25, 0.3) is 0 Å². The minimum Gasteiger partial charge on any atom is -0.395 e. The van der Waals surface area contributed by atoms with Crippen molar-refractivity contribution in [2.24, 2.45) is 5.73 Å². The second-order valence-electron chi connectivity index (χ2n) is 9.77. The Balaban J connectivity index is 1.68. The quantitative estimate of drug-likeness (QED) is 0.225. The first-order chi connectivity index (χ1) is 18.3. The van der Waals surface area contributed by atoms with E-state index in [1.807, 2.05) is 17.0 Å². The molecular weight excluding hydrogens is 505 g/mol. The fourth-order valence-electron chi connectivity index (χ4n) is 4.65. The van der Waals surface area contributed by atoms with Crippen LogP contribution in [0.15, 0.2) is 70.6 Å². The number of aliphatic hydroxyl groups excluding tert-OH is 1. The summed E-state index contributed by atoms with van der Waals surface area (Å²) in [7, 11) is 0. The summed E-state index contributed by atoms with van der Waals surface area (Å²) < 4.78 is 16.7. The third kappa shape index (κ3) is 6.09. The molecule has 1 atom stereocenters. The third-order valence-corrected chi connectivity index (χ3v) is 7.73. The molecule has 0 spiro atoms. The number of halogens is 1. The Morgan fingerprint density at radius 3 is 2.74 bits per heavy atom. The number of hydrogen-bond acceptors (Lipinski definition) is 7. The molecule has 2 aromatic carbocycles. The minimum absolute atomic E-state index is 0.0998. The number of carbonyl (C=O) groups is 1. The molecule has 1 fully saturated rings. The highest BCUT2D eigenvalue weighted by Gasteiger charge is 2.43. The molecule has 1 amide bonds. The first kappa shape index (κ1) is 27.8. The van der Waals surface area contributed by atoms with Gasteiger partial charge in [-0.05, 0) is 50.5 Å². The first-order valence-electron chi connectivity index (χ1n) is 12.7. The zero-order valence-electron chi connectivity index (χ0n) is 21.6. The second kappa shape index (κ2) is 12.1. The molecule has 0 radical (unpaired) electrons. The van der Waals surface area contributed by atoms with Gasteiger partial charge in [-0.15, -0.1) is 11.8 Å². The number of hydrogen-bond donors (Lipinski definition) is 3. The van der Waals surface area contributed by atoms with Crippen molar-refractivity contribution in [2.75, 3.05) is 30.3 Å². The number of thioether (sulfide) groups is 1. The predicted molar refractivity (Wildman–Crippen MR) is 148 cm³/mol.